The summed E-state index contributed by atoms with van der Waals surface area (Å²) in [5.41, 5.74) is 7.75. The van der Waals surface area contributed by atoms with Gasteiger partial charge in [0.05, 0.1) is 13.7 Å². The minimum atomic E-state index is -0.162. The molecule has 128 valence electrons. The zero-order chi connectivity index (χ0) is 17.4. The van der Waals surface area contributed by atoms with Crippen LogP contribution in [0.15, 0.2) is 42.5 Å². The van der Waals surface area contributed by atoms with Crippen molar-refractivity contribution in [3.05, 3.63) is 53.6 Å². The van der Waals surface area contributed by atoms with Gasteiger partial charge in [0, 0.05) is 17.8 Å². The van der Waals surface area contributed by atoms with Gasteiger partial charge in [0.25, 0.3) is 5.91 Å². The summed E-state index contributed by atoms with van der Waals surface area (Å²) in [6, 6.07) is 12.6. The molecule has 3 N–H and O–H groups in total. The number of methoxy groups -OCH3 is 1. The predicted octanol–water partition coefficient (Wildman–Crippen LogP) is 3.39. The van der Waals surface area contributed by atoms with Gasteiger partial charge in [-0.1, -0.05) is 25.5 Å². The molecule has 0 heterocycles. The highest BCUT2D eigenvalue weighted by Crippen LogP contribution is 2.28. The van der Waals surface area contributed by atoms with Crippen LogP contribution in [0.1, 0.15) is 35.7 Å². The van der Waals surface area contributed by atoms with E-state index in [1.807, 2.05) is 18.2 Å². The summed E-state index contributed by atoms with van der Waals surface area (Å²) in [6.07, 6.45) is 2.08. The number of hydrogen-bond donors (Lipinski definition) is 2. The van der Waals surface area contributed by atoms with E-state index in [2.05, 4.69) is 12.2 Å². The van der Waals surface area contributed by atoms with Crippen molar-refractivity contribution in [1.29, 1.82) is 0 Å². The fraction of sp³-hybridized carbons (Fsp3) is 0.316. The zero-order valence-corrected chi connectivity index (χ0v) is 14.2. The van der Waals surface area contributed by atoms with Gasteiger partial charge in [0.1, 0.15) is 0 Å². The Morgan fingerprint density at radius 3 is 2.71 bits per heavy atom. The van der Waals surface area contributed by atoms with Gasteiger partial charge in [-0.15, -0.1) is 0 Å². The molecular formula is C19H24N2O3. The third-order valence-corrected chi connectivity index (χ3v) is 3.59. The first-order valence-corrected chi connectivity index (χ1v) is 8.07. The van der Waals surface area contributed by atoms with E-state index in [4.69, 9.17) is 15.2 Å². The number of carbonyl (C=O) groups is 1. The highest BCUT2D eigenvalue weighted by atomic mass is 16.5. The molecule has 0 aliphatic rings. The maximum atomic E-state index is 12.1. The smallest absolute Gasteiger partial charge is 0.251 e. The van der Waals surface area contributed by atoms with Crippen molar-refractivity contribution in [3.8, 4) is 11.5 Å². The zero-order valence-electron chi connectivity index (χ0n) is 14.2. The molecule has 0 unspecified atom stereocenters. The first-order chi connectivity index (χ1) is 11.6. The number of carbonyl (C=O) groups excluding carboxylic acids is 1. The van der Waals surface area contributed by atoms with E-state index in [0.29, 0.717) is 30.2 Å². The highest BCUT2D eigenvalue weighted by molar-refractivity contribution is 5.94. The van der Waals surface area contributed by atoms with Crippen molar-refractivity contribution in [2.45, 2.75) is 26.3 Å². The third-order valence-electron chi connectivity index (χ3n) is 3.59. The van der Waals surface area contributed by atoms with Crippen molar-refractivity contribution in [2.24, 2.45) is 0 Å². The first kappa shape index (κ1) is 17.7. The Kier molecular flexibility index (Phi) is 6.49. The Balaban J connectivity index is 1.98. The van der Waals surface area contributed by atoms with Crippen LogP contribution in [-0.2, 0) is 6.54 Å². The second kappa shape index (κ2) is 8.82. The molecular weight excluding hydrogens is 304 g/mol. The monoisotopic (exact) mass is 328 g/mol. The molecule has 0 saturated carbocycles. The predicted molar refractivity (Wildman–Crippen MR) is 95.4 cm³/mol. The van der Waals surface area contributed by atoms with Crippen LogP contribution in [0.4, 0.5) is 5.69 Å². The molecule has 5 heteroatoms. The van der Waals surface area contributed by atoms with Gasteiger partial charge >= 0.3 is 0 Å². The summed E-state index contributed by atoms with van der Waals surface area (Å²) < 4.78 is 11.1. The number of ether oxygens (including phenoxy) is 2. The minimum Gasteiger partial charge on any atom is -0.493 e. The molecule has 2 aromatic carbocycles. The standard InChI is InChI=1S/C19H24N2O3/c1-3-4-10-24-17-9-8-14(11-18(17)23-2)13-21-19(22)15-6-5-7-16(20)12-15/h5-9,11-12H,3-4,10,13,20H2,1-2H3,(H,21,22). The molecule has 0 saturated heterocycles. The van der Waals surface area contributed by atoms with E-state index < -0.39 is 0 Å². The number of unbranched alkanes of at least 4 members (excludes halogenated alkanes) is 1. The SMILES string of the molecule is CCCCOc1ccc(CNC(=O)c2cccc(N)c2)cc1OC. The fourth-order valence-corrected chi connectivity index (χ4v) is 2.23. The average Bonchev–Trinajstić information content (AvgIpc) is 2.60. The number of nitrogen functional groups attached to an aromatic ring is 1. The topological polar surface area (TPSA) is 73.6 Å². The Labute approximate surface area is 142 Å². The number of rotatable bonds is 8. The molecule has 1 amide bonds. The fourth-order valence-electron chi connectivity index (χ4n) is 2.23. The van der Waals surface area contributed by atoms with Gasteiger partial charge in [-0.2, -0.15) is 0 Å². The minimum absolute atomic E-state index is 0.162. The highest BCUT2D eigenvalue weighted by Gasteiger charge is 2.08. The largest absolute Gasteiger partial charge is 0.493 e. The van der Waals surface area contributed by atoms with E-state index in [1.165, 1.54) is 0 Å². The molecule has 0 bridgehead atoms. The molecule has 2 rings (SSSR count). The van der Waals surface area contributed by atoms with Crippen molar-refractivity contribution in [3.63, 3.8) is 0 Å². The Bertz CT molecular complexity index is 686. The lowest BCUT2D eigenvalue weighted by molar-refractivity contribution is 0.0951. The number of nitrogens with one attached hydrogen (secondary N) is 1. The lowest BCUT2D eigenvalue weighted by Gasteiger charge is -2.12. The van der Waals surface area contributed by atoms with E-state index in [-0.39, 0.29) is 5.91 Å². The van der Waals surface area contributed by atoms with Gasteiger partial charge < -0.3 is 20.5 Å². The Hall–Kier alpha value is -2.69. The summed E-state index contributed by atoms with van der Waals surface area (Å²) in [5.74, 6) is 1.23. The summed E-state index contributed by atoms with van der Waals surface area (Å²) in [4.78, 5) is 12.1. The third kappa shape index (κ3) is 4.91. The second-order valence-corrected chi connectivity index (χ2v) is 5.50. The number of amides is 1. The van der Waals surface area contributed by atoms with Gasteiger partial charge in [-0.25, -0.2) is 0 Å². The van der Waals surface area contributed by atoms with E-state index in [0.717, 1.165) is 24.2 Å². The molecule has 5 nitrogen and oxygen atoms in total. The molecule has 0 fully saturated rings. The van der Waals surface area contributed by atoms with Crippen LogP contribution < -0.4 is 20.5 Å². The summed E-state index contributed by atoms with van der Waals surface area (Å²) >= 11 is 0. The number of hydrogen-bond acceptors (Lipinski definition) is 4. The van der Waals surface area contributed by atoms with Crippen molar-refractivity contribution in [1.82, 2.24) is 5.32 Å². The quantitative estimate of drug-likeness (QED) is 0.575. The Morgan fingerprint density at radius 2 is 2.00 bits per heavy atom. The van der Waals surface area contributed by atoms with Gasteiger partial charge in [0.2, 0.25) is 0 Å². The van der Waals surface area contributed by atoms with Crippen LogP contribution in [0, 0.1) is 0 Å². The molecule has 2 aromatic rings. The lowest BCUT2D eigenvalue weighted by Crippen LogP contribution is -2.22. The van der Waals surface area contributed by atoms with Crippen LogP contribution in [0.3, 0.4) is 0 Å². The molecule has 0 aliphatic carbocycles. The average molecular weight is 328 g/mol. The number of benzene rings is 2. The Morgan fingerprint density at radius 1 is 1.17 bits per heavy atom. The molecule has 0 aromatic heterocycles. The van der Waals surface area contributed by atoms with Crippen LogP contribution in [0.25, 0.3) is 0 Å². The van der Waals surface area contributed by atoms with Gasteiger partial charge in [-0.3, -0.25) is 4.79 Å². The molecule has 0 spiro atoms. The lowest BCUT2D eigenvalue weighted by atomic mass is 10.1. The van der Waals surface area contributed by atoms with Crippen molar-refractivity contribution < 1.29 is 14.3 Å². The normalized spacial score (nSPS) is 10.2. The van der Waals surface area contributed by atoms with Crippen LogP contribution in [0.5, 0.6) is 11.5 Å². The maximum absolute atomic E-state index is 12.1. The maximum Gasteiger partial charge on any atom is 0.251 e. The van der Waals surface area contributed by atoms with Crippen LogP contribution >= 0.6 is 0 Å². The summed E-state index contributed by atoms with van der Waals surface area (Å²) in [6.45, 7) is 3.18. The van der Waals surface area contributed by atoms with Gasteiger partial charge in [-0.05, 0) is 42.3 Å². The van der Waals surface area contributed by atoms with E-state index >= 15 is 0 Å². The van der Waals surface area contributed by atoms with Gasteiger partial charge in [0.15, 0.2) is 11.5 Å². The first-order valence-electron chi connectivity index (χ1n) is 8.07. The van der Waals surface area contributed by atoms with Crippen molar-refractivity contribution >= 4 is 11.6 Å². The van der Waals surface area contributed by atoms with Crippen molar-refractivity contribution in [2.75, 3.05) is 19.5 Å². The molecule has 0 atom stereocenters. The van der Waals surface area contributed by atoms with Crippen LogP contribution in [0.2, 0.25) is 0 Å². The number of nitrogens with two attached hydrogens (primary N) is 1. The molecule has 24 heavy (non-hydrogen) atoms. The summed E-state index contributed by atoms with van der Waals surface area (Å²) in [7, 11) is 1.61. The van der Waals surface area contributed by atoms with E-state index in [1.54, 1.807) is 31.4 Å². The van der Waals surface area contributed by atoms with E-state index in [9.17, 15) is 4.79 Å². The van der Waals surface area contributed by atoms with Crippen LogP contribution in [-0.4, -0.2) is 19.6 Å². The number of anilines is 1. The second-order valence-electron chi connectivity index (χ2n) is 5.50. The summed E-state index contributed by atoms with van der Waals surface area (Å²) in [5, 5.41) is 2.87. The molecule has 0 aliphatic heterocycles. The molecule has 0 radical (unpaired) electrons.